The zero-order valence-corrected chi connectivity index (χ0v) is 11.6. The first-order valence-corrected chi connectivity index (χ1v) is 6.87. The maximum atomic E-state index is 6.31. The number of hydrogen-bond acceptors (Lipinski definition) is 1. The van der Waals surface area contributed by atoms with Crippen molar-refractivity contribution in [3.8, 4) is 0 Å². The highest BCUT2D eigenvalue weighted by atomic mass is 14.7. The van der Waals surface area contributed by atoms with Gasteiger partial charge < -0.3 is 5.73 Å². The van der Waals surface area contributed by atoms with Crippen molar-refractivity contribution in [3.05, 3.63) is 35.9 Å². The number of nitrogens with two attached hydrogens (primary N) is 1. The van der Waals surface area contributed by atoms with Crippen molar-refractivity contribution < 1.29 is 0 Å². The van der Waals surface area contributed by atoms with Crippen molar-refractivity contribution in [3.63, 3.8) is 0 Å². The molecule has 0 saturated heterocycles. The van der Waals surface area contributed by atoms with E-state index in [2.05, 4.69) is 51.1 Å². The van der Waals surface area contributed by atoms with Crippen LogP contribution in [0.3, 0.4) is 0 Å². The normalized spacial score (nSPS) is 13.6. The quantitative estimate of drug-likeness (QED) is 0.703. The van der Waals surface area contributed by atoms with E-state index in [4.69, 9.17) is 5.73 Å². The Morgan fingerprint density at radius 3 is 2.29 bits per heavy atom. The van der Waals surface area contributed by atoms with Gasteiger partial charge in [-0.25, -0.2) is 0 Å². The van der Waals surface area contributed by atoms with Crippen LogP contribution in [-0.2, 0) is 6.42 Å². The van der Waals surface area contributed by atoms with Crippen LogP contribution in [0.4, 0.5) is 0 Å². The van der Waals surface area contributed by atoms with E-state index in [-0.39, 0.29) is 5.54 Å². The van der Waals surface area contributed by atoms with Crippen LogP contribution in [0, 0.1) is 5.92 Å². The Hall–Kier alpha value is -0.820. The summed E-state index contributed by atoms with van der Waals surface area (Å²) in [5.41, 5.74) is 7.64. The van der Waals surface area contributed by atoms with Gasteiger partial charge in [0.05, 0.1) is 0 Å². The van der Waals surface area contributed by atoms with Gasteiger partial charge in [-0.1, -0.05) is 56.5 Å². The van der Waals surface area contributed by atoms with E-state index >= 15 is 0 Å². The second kappa shape index (κ2) is 6.80. The first-order chi connectivity index (χ1) is 8.04. The standard InChI is InChI=1S/C16H27N/c1-4-5-7-12-15(16(2,3)17)13-14-10-8-6-9-11-14/h6,8-11,15H,4-5,7,12-13,17H2,1-3H3. The van der Waals surface area contributed by atoms with E-state index in [1.807, 2.05) is 0 Å². The van der Waals surface area contributed by atoms with E-state index in [0.717, 1.165) is 6.42 Å². The van der Waals surface area contributed by atoms with Crippen molar-refractivity contribution in [2.75, 3.05) is 0 Å². The Morgan fingerprint density at radius 2 is 1.76 bits per heavy atom. The molecule has 96 valence electrons. The molecule has 1 aromatic carbocycles. The van der Waals surface area contributed by atoms with Gasteiger partial charge in [-0.3, -0.25) is 0 Å². The lowest BCUT2D eigenvalue weighted by atomic mass is 9.80. The van der Waals surface area contributed by atoms with Gasteiger partial charge in [-0.2, -0.15) is 0 Å². The van der Waals surface area contributed by atoms with Gasteiger partial charge in [0.2, 0.25) is 0 Å². The van der Waals surface area contributed by atoms with Crippen LogP contribution >= 0.6 is 0 Å². The fourth-order valence-corrected chi connectivity index (χ4v) is 2.28. The highest BCUT2D eigenvalue weighted by Gasteiger charge is 2.24. The van der Waals surface area contributed by atoms with Crippen molar-refractivity contribution in [1.82, 2.24) is 0 Å². The van der Waals surface area contributed by atoms with Crippen LogP contribution in [-0.4, -0.2) is 5.54 Å². The second-order valence-electron chi connectivity index (χ2n) is 5.70. The van der Waals surface area contributed by atoms with Crippen LogP contribution < -0.4 is 5.73 Å². The number of hydrogen-bond donors (Lipinski definition) is 1. The minimum absolute atomic E-state index is 0.0798. The van der Waals surface area contributed by atoms with Crippen LogP contribution in [0.15, 0.2) is 30.3 Å². The molecule has 17 heavy (non-hydrogen) atoms. The summed E-state index contributed by atoms with van der Waals surface area (Å²) in [7, 11) is 0. The molecule has 0 saturated carbocycles. The molecule has 0 aliphatic rings. The van der Waals surface area contributed by atoms with Crippen molar-refractivity contribution in [2.24, 2.45) is 11.7 Å². The minimum atomic E-state index is -0.0798. The minimum Gasteiger partial charge on any atom is -0.325 e. The molecule has 0 bridgehead atoms. The van der Waals surface area contributed by atoms with Gasteiger partial charge in [0, 0.05) is 5.54 Å². The maximum Gasteiger partial charge on any atom is 0.0129 e. The molecule has 0 aliphatic heterocycles. The Kier molecular flexibility index (Phi) is 5.70. The smallest absolute Gasteiger partial charge is 0.0129 e. The monoisotopic (exact) mass is 233 g/mol. The molecule has 0 fully saturated rings. The first-order valence-electron chi connectivity index (χ1n) is 6.87. The van der Waals surface area contributed by atoms with Crippen LogP contribution in [0.1, 0.15) is 52.0 Å². The zero-order valence-electron chi connectivity index (χ0n) is 11.6. The third kappa shape index (κ3) is 5.36. The summed E-state index contributed by atoms with van der Waals surface area (Å²) in [4.78, 5) is 0. The summed E-state index contributed by atoms with van der Waals surface area (Å²) in [6, 6.07) is 10.7. The van der Waals surface area contributed by atoms with Gasteiger partial charge in [0.25, 0.3) is 0 Å². The van der Waals surface area contributed by atoms with Gasteiger partial charge in [-0.05, 0) is 38.2 Å². The van der Waals surface area contributed by atoms with Crippen LogP contribution in [0.5, 0.6) is 0 Å². The molecule has 0 aromatic heterocycles. The largest absolute Gasteiger partial charge is 0.325 e. The predicted molar refractivity (Wildman–Crippen MR) is 76.0 cm³/mol. The van der Waals surface area contributed by atoms with Crippen molar-refractivity contribution in [2.45, 2.75) is 58.4 Å². The summed E-state index contributed by atoms with van der Waals surface area (Å²) >= 11 is 0. The third-order valence-electron chi connectivity index (χ3n) is 3.53. The van der Waals surface area contributed by atoms with Crippen molar-refractivity contribution in [1.29, 1.82) is 0 Å². The maximum absolute atomic E-state index is 6.31. The third-order valence-corrected chi connectivity index (χ3v) is 3.53. The highest BCUT2D eigenvalue weighted by Crippen LogP contribution is 2.25. The van der Waals surface area contributed by atoms with Gasteiger partial charge >= 0.3 is 0 Å². The zero-order chi connectivity index (χ0) is 12.7. The lowest BCUT2D eigenvalue weighted by molar-refractivity contribution is 0.291. The first kappa shape index (κ1) is 14.2. The van der Waals surface area contributed by atoms with E-state index in [0.29, 0.717) is 5.92 Å². The number of rotatable bonds is 7. The average Bonchev–Trinajstić information content (AvgIpc) is 2.28. The topological polar surface area (TPSA) is 26.0 Å². The number of benzene rings is 1. The highest BCUT2D eigenvalue weighted by molar-refractivity contribution is 5.16. The predicted octanol–water partition coefficient (Wildman–Crippen LogP) is 4.16. The molecule has 1 heteroatoms. The molecule has 2 N–H and O–H groups in total. The Bertz CT molecular complexity index is 297. The summed E-state index contributed by atoms with van der Waals surface area (Å²) in [5.74, 6) is 0.580. The lowest BCUT2D eigenvalue weighted by Gasteiger charge is -2.31. The van der Waals surface area contributed by atoms with Gasteiger partial charge in [0.15, 0.2) is 0 Å². The molecule has 0 aliphatic carbocycles. The fraction of sp³-hybridized carbons (Fsp3) is 0.625. The lowest BCUT2D eigenvalue weighted by Crippen LogP contribution is -2.42. The molecular weight excluding hydrogens is 206 g/mol. The molecule has 0 radical (unpaired) electrons. The fourth-order valence-electron chi connectivity index (χ4n) is 2.28. The Balaban J connectivity index is 2.58. The molecule has 0 heterocycles. The molecule has 0 amide bonds. The molecule has 1 rings (SSSR count). The molecular formula is C16H27N. The summed E-state index contributed by atoms with van der Waals surface area (Å²) < 4.78 is 0. The Labute approximate surface area is 106 Å². The summed E-state index contributed by atoms with van der Waals surface area (Å²) in [6.07, 6.45) is 6.25. The van der Waals surface area contributed by atoms with E-state index in [1.165, 1.54) is 31.2 Å². The summed E-state index contributed by atoms with van der Waals surface area (Å²) in [6.45, 7) is 6.57. The van der Waals surface area contributed by atoms with Crippen LogP contribution in [0.2, 0.25) is 0 Å². The second-order valence-corrected chi connectivity index (χ2v) is 5.70. The van der Waals surface area contributed by atoms with E-state index in [1.54, 1.807) is 0 Å². The van der Waals surface area contributed by atoms with E-state index < -0.39 is 0 Å². The van der Waals surface area contributed by atoms with E-state index in [9.17, 15) is 0 Å². The van der Waals surface area contributed by atoms with Gasteiger partial charge in [-0.15, -0.1) is 0 Å². The molecule has 1 nitrogen and oxygen atoms in total. The molecule has 1 atom stereocenters. The Morgan fingerprint density at radius 1 is 1.12 bits per heavy atom. The SMILES string of the molecule is CCCCCC(Cc1ccccc1)C(C)(C)N. The molecule has 0 spiro atoms. The summed E-state index contributed by atoms with van der Waals surface area (Å²) in [5, 5.41) is 0. The molecule has 1 unspecified atom stereocenters. The number of unbranched alkanes of at least 4 members (excludes halogenated alkanes) is 2. The van der Waals surface area contributed by atoms with Crippen LogP contribution in [0.25, 0.3) is 0 Å². The molecule has 1 aromatic rings. The van der Waals surface area contributed by atoms with Gasteiger partial charge in [0.1, 0.15) is 0 Å². The van der Waals surface area contributed by atoms with Crippen molar-refractivity contribution >= 4 is 0 Å². The average molecular weight is 233 g/mol.